The molecule has 0 fully saturated rings. The Morgan fingerprint density at radius 1 is 1.18 bits per heavy atom. The molecule has 0 saturated carbocycles. The molecule has 0 radical (unpaired) electrons. The van der Waals surface area contributed by atoms with Crippen LogP contribution in [0.15, 0.2) is 18.3 Å². The number of ether oxygens (including phenoxy) is 1. The molecular formula is C17H23ClN2OS. The van der Waals surface area contributed by atoms with Gasteiger partial charge in [0.25, 0.3) is 0 Å². The number of halogens is 1. The van der Waals surface area contributed by atoms with Gasteiger partial charge < -0.3 is 10.1 Å². The smallest absolute Gasteiger partial charge is 0.183 e. The SMILES string of the molecule is COc1c(C(C)C)cc(NCc2cnc(Cl)s2)cc1C(C)C. The Bertz CT molecular complexity index is 608. The van der Waals surface area contributed by atoms with E-state index >= 15 is 0 Å². The van der Waals surface area contributed by atoms with Crippen molar-refractivity contribution >= 4 is 28.6 Å². The highest BCUT2D eigenvalue weighted by Crippen LogP contribution is 2.37. The maximum atomic E-state index is 5.88. The molecule has 1 aromatic heterocycles. The largest absolute Gasteiger partial charge is 0.496 e. The summed E-state index contributed by atoms with van der Waals surface area (Å²) < 4.78 is 6.25. The zero-order valence-electron chi connectivity index (χ0n) is 13.7. The van der Waals surface area contributed by atoms with Crippen LogP contribution >= 0.6 is 22.9 Å². The fourth-order valence-corrected chi connectivity index (χ4v) is 3.34. The van der Waals surface area contributed by atoms with E-state index in [1.54, 1.807) is 7.11 Å². The minimum atomic E-state index is 0.409. The topological polar surface area (TPSA) is 34.1 Å². The van der Waals surface area contributed by atoms with Crippen molar-refractivity contribution in [3.8, 4) is 5.75 Å². The second-order valence-electron chi connectivity index (χ2n) is 5.93. The quantitative estimate of drug-likeness (QED) is 0.737. The minimum Gasteiger partial charge on any atom is -0.496 e. The summed E-state index contributed by atoms with van der Waals surface area (Å²) >= 11 is 7.38. The highest BCUT2D eigenvalue weighted by molar-refractivity contribution is 7.15. The Morgan fingerprint density at radius 2 is 1.77 bits per heavy atom. The monoisotopic (exact) mass is 338 g/mol. The van der Waals surface area contributed by atoms with Gasteiger partial charge in [-0.3, -0.25) is 0 Å². The van der Waals surface area contributed by atoms with Gasteiger partial charge in [0.15, 0.2) is 4.47 Å². The Morgan fingerprint density at radius 3 is 2.18 bits per heavy atom. The Labute approximate surface area is 141 Å². The maximum absolute atomic E-state index is 5.88. The molecule has 1 aromatic carbocycles. The summed E-state index contributed by atoms with van der Waals surface area (Å²) in [5.74, 6) is 1.83. The van der Waals surface area contributed by atoms with E-state index in [4.69, 9.17) is 16.3 Å². The molecule has 0 aliphatic heterocycles. The van der Waals surface area contributed by atoms with Gasteiger partial charge in [-0.15, -0.1) is 11.3 Å². The maximum Gasteiger partial charge on any atom is 0.183 e. The molecule has 120 valence electrons. The van der Waals surface area contributed by atoms with Crippen LogP contribution in [0.5, 0.6) is 5.75 Å². The third-order valence-electron chi connectivity index (χ3n) is 3.59. The van der Waals surface area contributed by atoms with Crippen LogP contribution in [0, 0.1) is 0 Å². The first-order valence-corrected chi connectivity index (χ1v) is 8.67. The number of anilines is 1. The van der Waals surface area contributed by atoms with Crippen LogP contribution in [0.2, 0.25) is 4.47 Å². The lowest BCUT2D eigenvalue weighted by Gasteiger charge is -2.20. The molecule has 22 heavy (non-hydrogen) atoms. The van der Waals surface area contributed by atoms with Gasteiger partial charge in [0.1, 0.15) is 5.75 Å². The lowest BCUT2D eigenvalue weighted by Crippen LogP contribution is -2.05. The Balaban J connectivity index is 2.30. The van der Waals surface area contributed by atoms with Crippen molar-refractivity contribution in [2.24, 2.45) is 0 Å². The second kappa shape index (κ2) is 7.34. The van der Waals surface area contributed by atoms with Gasteiger partial charge in [0.2, 0.25) is 0 Å². The van der Waals surface area contributed by atoms with Crippen molar-refractivity contribution in [2.75, 3.05) is 12.4 Å². The van der Waals surface area contributed by atoms with Gasteiger partial charge in [-0.05, 0) is 35.1 Å². The molecule has 0 bridgehead atoms. The number of aromatic nitrogens is 1. The van der Waals surface area contributed by atoms with E-state index in [1.807, 2.05) is 6.20 Å². The number of nitrogens with one attached hydrogen (secondary N) is 1. The van der Waals surface area contributed by atoms with Crippen molar-refractivity contribution in [3.05, 3.63) is 38.8 Å². The third kappa shape index (κ3) is 3.93. The zero-order chi connectivity index (χ0) is 16.3. The predicted octanol–water partition coefficient (Wildman–Crippen LogP) is 5.66. The number of benzene rings is 1. The van der Waals surface area contributed by atoms with Crippen LogP contribution in [0.25, 0.3) is 0 Å². The summed E-state index contributed by atoms with van der Waals surface area (Å²) in [6, 6.07) is 4.36. The molecule has 0 aliphatic rings. The third-order valence-corrected chi connectivity index (χ3v) is 4.70. The molecule has 0 atom stereocenters. The van der Waals surface area contributed by atoms with Crippen LogP contribution in [0.1, 0.15) is 55.5 Å². The highest BCUT2D eigenvalue weighted by atomic mass is 35.5. The van der Waals surface area contributed by atoms with Gasteiger partial charge in [-0.25, -0.2) is 4.98 Å². The summed E-state index contributed by atoms with van der Waals surface area (Å²) in [7, 11) is 1.75. The standard InChI is InChI=1S/C17H23ClN2OS/c1-10(2)14-6-12(7-15(11(3)4)16(14)21-5)19-8-13-9-20-17(18)22-13/h6-7,9-11,19H,8H2,1-5H3. The van der Waals surface area contributed by atoms with Gasteiger partial charge in [0, 0.05) is 16.8 Å². The highest BCUT2D eigenvalue weighted by Gasteiger charge is 2.16. The minimum absolute atomic E-state index is 0.409. The fraction of sp³-hybridized carbons (Fsp3) is 0.471. The van der Waals surface area contributed by atoms with Crippen molar-refractivity contribution in [3.63, 3.8) is 0 Å². The molecule has 2 aromatic rings. The summed E-state index contributed by atoms with van der Waals surface area (Å²) in [5, 5.41) is 3.47. The van der Waals surface area contributed by atoms with Crippen LogP contribution in [-0.2, 0) is 6.54 Å². The van der Waals surface area contributed by atoms with E-state index in [0.717, 1.165) is 22.9 Å². The summed E-state index contributed by atoms with van der Waals surface area (Å²) in [5.41, 5.74) is 3.58. The lowest BCUT2D eigenvalue weighted by molar-refractivity contribution is 0.400. The van der Waals surface area contributed by atoms with Crippen LogP contribution < -0.4 is 10.1 Å². The molecule has 2 rings (SSSR count). The lowest BCUT2D eigenvalue weighted by atomic mass is 9.93. The predicted molar refractivity (Wildman–Crippen MR) is 95.6 cm³/mol. The average Bonchev–Trinajstić information content (AvgIpc) is 2.89. The molecule has 3 nitrogen and oxygen atoms in total. The van der Waals surface area contributed by atoms with Crippen molar-refractivity contribution in [2.45, 2.75) is 46.1 Å². The van der Waals surface area contributed by atoms with Crippen molar-refractivity contribution in [1.82, 2.24) is 4.98 Å². The van der Waals surface area contributed by atoms with E-state index in [0.29, 0.717) is 16.3 Å². The van der Waals surface area contributed by atoms with Gasteiger partial charge in [0.05, 0.1) is 13.7 Å². The Hall–Kier alpha value is -1.26. The van der Waals surface area contributed by atoms with Crippen molar-refractivity contribution < 1.29 is 4.74 Å². The van der Waals surface area contributed by atoms with E-state index < -0.39 is 0 Å². The molecule has 0 amide bonds. The molecule has 5 heteroatoms. The summed E-state index contributed by atoms with van der Waals surface area (Å²) in [6.07, 6.45) is 1.82. The number of rotatable bonds is 6. The van der Waals surface area contributed by atoms with Crippen LogP contribution in [-0.4, -0.2) is 12.1 Å². The van der Waals surface area contributed by atoms with Crippen molar-refractivity contribution in [1.29, 1.82) is 0 Å². The number of hydrogen-bond acceptors (Lipinski definition) is 4. The number of nitrogens with zero attached hydrogens (tertiary/aromatic N) is 1. The first-order chi connectivity index (χ1) is 10.4. The first-order valence-electron chi connectivity index (χ1n) is 7.48. The van der Waals surface area contributed by atoms with E-state index in [2.05, 4.69) is 50.1 Å². The normalized spacial score (nSPS) is 11.3. The molecule has 1 heterocycles. The van der Waals surface area contributed by atoms with Gasteiger partial charge in [-0.1, -0.05) is 39.3 Å². The molecule has 0 spiro atoms. The van der Waals surface area contributed by atoms with E-state index in [9.17, 15) is 0 Å². The summed E-state index contributed by atoms with van der Waals surface area (Å²) in [4.78, 5) is 5.19. The zero-order valence-corrected chi connectivity index (χ0v) is 15.3. The molecule has 1 N–H and O–H groups in total. The average molecular weight is 339 g/mol. The number of thiazole rings is 1. The number of hydrogen-bond donors (Lipinski definition) is 1. The van der Waals surface area contributed by atoms with E-state index in [1.165, 1.54) is 22.5 Å². The molecule has 0 unspecified atom stereocenters. The Kier molecular flexibility index (Phi) is 5.70. The van der Waals surface area contributed by atoms with Gasteiger partial charge >= 0.3 is 0 Å². The van der Waals surface area contributed by atoms with Crippen LogP contribution in [0.4, 0.5) is 5.69 Å². The van der Waals surface area contributed by atoms with Crippen LogP contribution in [0.3, 0.4) is 0 Å². The van der Waals surface area contributed by atoms with Gasteiger partial charge in [-0.2, -0.15) is 0 Å². The van der Waals surface area contributed by atoms with E-state index in [-0.39, 0.29) is 0 Å². The second-order valence-corrected chi connectivity index (χ2v) is 7.63. The number of methoxy groups -OCH3 is 1. The molecule has 0 aliphatic carbocycles. The molecule has 0 saturated heterocycles. The fourth-order valence-electron chi connectivity index (χ4n) is 2.42. The molecular weight excluding hydrogens is 316 g/mol. The summed E-state index contributed by atoms with van der Waals surface area (Å²) in [6.45, 7) is 9.48. The first kappa shape index (κ1) is 17.1.